The Labute approximate surface area is 96.3 Å². The van der Waals surface area contributed by atoms with Gasteiger partial charge in [-0.25, -0.2) is 0 Å². The number of fused-ring (bicyclic) bond motifs is 2. The molecule has 0 bridgehead atoms. The number of rotatable bonds is 0. The Morgan fingerprint density at radius 3 is 2.81 bits per heavy atom. The fourth-order valence-corrected chi connectivity index (χ4v) is 2.91. The van der Waals surface area contributed by atoms with E-state index in [-0.39, 0.29) is 6.04 Å². The van der Waals surface area contributed by atoms with Crippen LogP contribution in [0.25, 0.3) is 0 Å². The topological polar surface area (TPSA) is 20.3 Å². The lowest BCUT2D eigenvalue weighted by molar-refractivity contribution is -0.124. The first-order valence-corrected chi connectivity index (χ1v) is 6.18. The maximum atomic E-state index is 12.0. The van der Waals surface area contributed by atoms with Gasteiger partial charge in [0.25, 0.3) is 0 Å². The second kappa shape index (κ2) is 4.02. The SMILES string of the molecule is O=C1CCCCN2Cc3ccccc3CC12. The predicted octanol–water partition coefficient (Wildman–Crippen LogP) is 2.17. The van der Waals surface area contributed by atoms with Crippen LogP contribution in [0.15, 0.2) is 24.3 Å². The summed E-state index contributed by atoms with van der Waals surface area (Å²) in [5, 5.41) is 0. The molecule has 0 amide bonds. The van der Waals surface area contributed by atoms with Crippen molar-refractivity contribution in [2.24, 2.45) is 0 Å². The van der Waals surface area contributed by atoms with Gasteiger partial charge in [0.2, 0.25) is 0 Å². The van der Waals surface area contributed by atoms with Gasteiger partial charge in [-0.15, -0.1) is 0 Å². The molecule has 3 rings (SSSR count). The summed E-state index contributed by atoms with van der Waals surface area (Å²) in [6, 6.07) is 8.71. The molecule has 0 aromatic heterocycles. The van der Waals surface area contributed by atoms with Gasteiger partial charge in [0, 0.05) is 13.0 Å². The van der Waals surface area contributed by atoms with E-state index < -0.39 is 0 Å². The van der Waals surface area contributed by atoms with Crippen LogP contribution in [0.3, 0.4) is 0 Å². The van der Waals surface area contributed by atoms with Gasteiger partial charge < -0.3 is 0 Å². The summed E-state index contributed by atoms with van der Waals surface area (Å²) in [5.74, 6) is 0.451. The minimum Gasteiger partial charge on any atom is -0.298 e. The van der Waals surface area contributed by atoms with Crippen molar-refractivity contribution in [1.29, 1.82) is 0 Å². The predicted molar refractivity (Wildman–Crippen MR) is 63.2 cm³/mol. The number of carbonyl (C=O) groups is 1. The smallest absolute Gasteiger partial charge is 0.150 e. The molecule has 2 aliphatic rings. The maximum absolute atomic E-state index is 12.0. The summed E-state index contributed by atoms with van der Waals surface area (Å²) in [6.07, 6.45) is 3.95. The van der Waals surface area contributed by atoms with Crippen LogP contribution in [0.4, 0.5) is 0 Å². The number of hydrogen-bond acceptors (Lipinski definition) is 2. The zero-order valence-electron chi connectivity index (χ0n) is 9.48. The molecule has 2 aliphatic heterocycles. The van der Waals surface area contributed by atoms with Gasteiger partial charge in [-0.3, -0.25) is 9.69 Å². The first-order chi connectivity index (χ1) is 7.84. The Hall–Kier alpha value is -1.15. The lowest BCUT2D eigenvalue weighted by Gasteiger charge is -2.34. The van der Waals surface area contributed by atoms with Crippen LogP contribution in [0, 0.1) is 0 Å². The zero-order valence-corrected chi connectivity index (χ0v) is 9.48. The monoisotopic (exact) mass is 215 g/mol. The van der Waals surface area contributed by atoms with Gasteiger partial charge >= 0.3 is 0 Å². The molecule has 2 heteroatoms. The first-order valence-electron chi connectivity index (χ1n) is 6.18. The fourth-order valence-electron chi connectivity index (χ4n) is 2.91. The van der Waals surface area contributed by atoms with E-state index in [1.54, 1.807) is 0 Å². The average Bonchev–Trinajstić information content (AvgIpc) is 2.49. The van der Waals surface area contributed by atoms with Gasteiger partial charge in [-0.2, -0.15) is 0 Å². The van der Waals surface area contributed by atoms with E-state index in [0.717, 1.165) is 32.4 Å². The number of benzene rings is 1. The molecule has 0 N–H and O–H groups in total. The Kier molecular flexibility index (Phi) is 2.52. The summed E-state index contributed by atoms with van der Waals surface area (Å²) in [5.41, 5.74) is 2.78. The highest BCUT2D eigenvalue weighted by atomic mass is 16.1. The van der Waals surface area contributed by atoms with E-state index in [2.05, 4.69) is 29.2 Å². The minimum atomic E-state index is 0.164. The van der Waals surface area contributed by atoms with Crippen LogP contribution in [-0.2, 0) is 17.8 Å². The molecule has 1 aromatic rings. The Bertz CT molecular complexity index is 413. The lowest BCUT2D eigenvalue weighted by atomic mass is 9.91. The molecule has 1 unspecified atom stereocenters. The van der Waals surface area contributed by atoms with Crippen molar-refractivity contribution in [3.8, 4) is 0 Å². The number of nitrogens with zero attached hydrogens (tertiary/aromatic N) is 1. The standard InChI is InChI=1S/C14H17NO/c16-14-7-3-4-8-15-10-12-6-2-1-5-11(12)9-13(14)15/h1-2,5-6,13H,3-4,7-10H2. The molecule has 1 saturated heterocycles. The molecular formula is C14H17NO. The van der Waals surface area contributed by atoms with Crippen LogP contribution < -0.4 is 0 Å². The molecule has 1 atom stereocenters. The van der Waals surface area contributed by atoms with Gasteiger partial charge in [0.05, 0.1) is 6.04 Å². The molecule has 0 aliphatic carbocycles. The van der Waals surface area contributed by atoms with Crippen molar-refractivity contribution in [2.75, 3.05) is 6.54 Å². The van der Waals surface area contributed by atoms with E-state index in [9.17, 15) is 4.79 Å². The van der Waals surface area contributed by atoms with Crippen LogP contribution in [0.1, 0.15) is 30.4 Å². The summed E-state index contributed by atoms with van der Waals surface area (Å²) in [7, 11) is 0. The molecule has 0 spiro atoms. The molecule has 16 heavy (non-hydrogen) atoms. The first kappa shape index (κ1) is 10.0. The number of hydrogen-bond donors (Lipinski definition) is 0. The Morgan fingerprint density at radius 1 is 1.12 bits per heavy atom. The molecule has 84 valence electrons. The third-order valence-electron chi connectivity index (χ3n) is 3.84. The van der Waals surface area contributed by atoms with Crippen LogP contribution in [0.5, 0.6) is 0 Å². The second-order valence-corrected chi connectivity index (χ2v) is 4.88. The molecule has 1 aromatic carbocycles. The van der Waals surface area contributed by atoms with E-state index >= 15 is 0 Å². The van der Waals surface area contributed by atoms with Crippen molar-refractivity contribution in [2.45, 2.75) is 38.3 Å². The maximum Gasteiger partial charge on any atom is 0.150 e. The number of Topliss-reactive ketones (excluding diaryl/α,β-unsaturated/α-hetero) is 1. The summed E-state index contributed by atoms with van der Waals surface area (Å²) >= 11 is 0. The molecule has 1 fully saturated rings. The number of ketones is 1. The highest BCUT2D eigenvalue weighted by Gasteiger charge is 2.31. The van der Waals surface area contributed by atoms with Crippen molar-refractivity contribution in [1.82, 2.24) is 4.90 Å². The van der Waals surface area contributed by atoms with Crippen molar-refractivity contribution < 1.29 is 4.79 Å². The van der Waals surface area contributed by atoms with Gasteiger partial charge in [0.1, 0.15) is 5.78 Å². The minimum absolute atomic E-state index is 0.164. The highest BCUT2D eigenvalue weighted by molar-refractivity contribution is 5.84. The van der Waals surface area contributed by atoms with Crippen LogP contribution in [-0.4, -0.2) is 23.3 Å². The van der Waals surface area contributed by atoms with E-state index in [1.807, 2.05) is 0 Å². The van der Waals surface area contributed by atoms with E-state index in [4.69, 9.17) is 0 Å². The quantitative estimate of drug-likeness (QED) is 0.661. The van der Waals surface area contributed by atoms with E-state index in [0.29, 0.717) is 5.78 Å². The molecule has 2 heterocycles. The third kappa shape index (κ3) is 1.67. The third-order valence-corrected chi connectivity index (χ3v) is 3.84. The van der Waals surface area contributed by atoms with Crippen molar-refractivity contribution >= 4 is 5.78 Å². The molecule has 0 saturated carbocycles. The fraction of sp³-hybridized carbons (Fsp3) is 0.500. The van der Waals surface area contributed by atoms with Gasteiger partial charge in [-0.1, -0.05) is 24.3 Å². The van der Waals surface area contributed by atoms with Gasteiger partial charge in [-0.05, 0) is 36.9 Å². The van der Waals surface area contributed by atoms with Crippen LogP contribution >= 0.6 is 0 Å². The summed E-state index contributed by atoms with van der Waals surface area (Å²) in [6.45, 7) is 2.05. The largest absolute Gasteiger partial charge is 0.298 e. The summed E-state index contributed by atoms with van der Waals surface area (Å²) in [4.78, 5) is 14.4. The van der Waals surface area contributed by atoms with Crippen molar-refractivity contribution in [3.63, 3.8) is 0 Å². The zero-order chi connectivity index (χ0) is 11.0. The van der Waals surface area contributed by atoms with E-state index in [1.165, 1.54) is 17.5 Å². The Morgan fingerprint density at radius 2 is 1.94 bits per heavy atom. The molecule has 0 radical (unpaired) electrons. The van der Waals surface area contributed by atoms with Crippen LogP contribution in [0.2, 0.25) is 0 Å². The normalized spacial score (nSPS) is 25.8. The summed E-state index contributed by atoms with van der Waals surface area (Å²) < 4.78 is 0. The Balaban J connectivity index is 1.93. The average molecular weight is 215 g/mol. The molecular weight excluding hydrogens is 198 g/mol. The molecule has 2 nitrogen and oxygen atoms in total. The lowest BCUT2D eigenvalue weighted by Crippen LogP contribution is -2.44. The highest BCUT2D eigenvalue weighted by Crippen LogP contribution is 2.26. The number of carbonyl (C=O) groups excluding carboxylic acids is 1. The van der Waals surface area contributed by atoms with Gasteiger partial charge in [0.15, 0.2) is 0 Å². The second-order valence-electron chi connectivity index (χ2n) is 4.88. The van der Waals surface area contributed by atoms with Crippen molar-refractivity contribution in [3.05, 3.63) is 35.4 Å².